The molecular weight excluding hydrogens is 365 g/mol. The molecule has 0 amide bonds. The molecule has 1 aliphatic heterocycles. The molecule has 0 aliphatic carbocycles. The number of aliphatic hydroxyl groups is 1. The Morgan fingerprint density at radius 1 is 1.26 bits per heavy atom. The summed E-state index contributed by atoms with van der Waals surface area (Å²) in [5.74, 6) is -3.13. The van der Waals surface area contributed by atoms with Gasteiger partial charge in [-0.2, -0.15) is 0 Å². The van der Waals surface area contributed by atoms with Gasteiger partial charge in [0.2, 0.25) is 0 Å². The van der Waals surface area contributed by atoms with Crippen molar-refractivity contribution in [3.05, 3.63) is 33.4 Å². The molecule has 0 radical (unpaired) electrons. The number of aliphatic hydroxyl groups excluding tert-OH is 1. The van der Waals surface area contributed by atoms with Gasteiger partial charge < -0.3 is 10.4 Å². The largest absolute Gasteiger partial charge is 0.390 e. The van der Waals surface area contributed by atoms with Gasteiger partial charge in [-0.15, -0.1) is 0 Å². The van der Waals surface area contributed by atoms with E-state index in [1.165, 1.54) is 0 Å². The van der Waals surface area contributed by atoms with Crippen LogP contribution in [0.3, 0.4) is 0 Å². The van der Waals surface area contributed by atoms with Gasteiger partial charge in [-0.05, 0) is 40.3 Å². The lowest BCUT2D eigenvalue weighted by atomic mass is 9.98. The van der Waals surface area contributed by atoms with Crippen molar-refractivity contribution in [1.82, 2.24) is 10.2 Å². The highest BCUT2D eigenvalue weighted by Gasteiger charge is 2.43. The van der Waals surface area contributed by atoms with Crippen LogP contribution in [0.4, 0.5) is 8.78 Å². The summed E-state index contributed by atoms with van der Waals surface area (Å²) in [6, 6.07) is 6.02. The lowest BCUT2D eigenvalue weighted by Crippen LogP contribution is -2.51. The normalized spacial score (nSPS) is 19.4. The van der Waals surface area contributed by atoms with Crippen LogP contribution < -0.4 is 5.32 Å². The van der Waals surface area contributed by atoms with E-state index in [9.17, 15) is 8.78 Å². The zero-order chi connectivity index (χ0) is 13.9. The van der Waals surface area contributed by atoms with Crippen LogP contribution in [-0.2, 0) is 0 Å². The number of halogens is 3. The Hall–Kier alpha value is -0.310. The van der Waals surface area contributed by atoms with E-state index in [1.54, 1.807) is 17.0 Å². The van der Waals surface area contributed by atoms with Gasteiger partial charge in [0.25, 0.3) is 5.92 Å². The van der Waals surface area contributed by atoms with Crippen molar-refractivity contribution in [1.29, 1.82) is 0 Å². The van der Waals surface area contributed by atoms with E-state index in [1.807, 2.05) is 12.1 Å². The summed E-state index contributed by atoms with van der Waals surface area (Å²) in [7, 11) is 0. The van der Waals surface area contributed by atoms with Crippen LogP contribution in [0.2, 0.25) is 0 Å². The van der Waals surface area contributed by atoms with E-state index in [2.05, 4.69) is 27.9 Å². The summed E-state index contributed by atoms with van der Waals surface area (Å²) in [6.45, 7) is 1.39. The predicted octanol–water partition coefficient (Wildman–Crippen LogP) is 1.87. The smallest absolute Gasteiger partial charge is 0.289 e. The van der Waals surface area contributed by atoms with Gasteiger partial charge >= 0.3 is 0 Å². The van der Waals surface area contributed by atoms with Crippen LogP contribution in [-0.4, -0.2) is 48.7 Å². The van der Waals surface area contributed by atoms with Gasteiger partial charge in [0.15, 0.2) is 0 Å². The fourth-order valence-corrected chi connectivity index (χ4v) is 2.75. The molecular formula is C13H17F2IN2O. The molecule has 1 aromatic carbocycles. The van der Waals surface area contributed by atoms with Gasteiger partial charge in [-0.1, -0.05) is 12.1 Å². The highest BCUT2D eigenvalue weighted by molar-refractivity contribution is 14.1. The maximum Gasteiger partial charge on any atom is 0.289 e. The number of nitrogens with one attached hydrogen (secondary N) is 1. The molecule has 2 N–H and O–H groups in total. The third-order valence-corrected chi connectivity index (χ3v) is 4.03. The van der Waals surface area contributed by atoms with Crippen LogP contribution in [0.1, 0.15) is 11.6 Å². The fraction of sp³-hybridized carbons (Fsp3) is 0.538. The Balaban J connectivity index is 2.30. The van der Waals surface area contributed by atoms with E-state index in [0.29, 0.717) is 31.7 Å². The van der Waals surface area contributed by atoms with Crippen LogP contribution in [0.25, 0.3) is 0 Å². The van der Waals surface area contributed by atoms with Crippen molar-refractivity contribution < 1.29 is 13.9 Å². The van der Waals surface area contributed by atoms with Crippen molar-refractivity contribution in [3.8, 4) is 0 Å². The molecule has 1 aromatic rings. The molecule has 106 valence electrons. The molecule has 6 heteroatoms. The first-order valence-electron chi connectivity index (χ1n) is 6.23. The fourth-order valence-electron chi connectivity index (χ4n) is 2.39. The third-order valence-electron chi connectivity index (χ3n) is 3.31. The number of rotatable bonds is 4. The van der Waals surface area contributed by atoms with Crippen LogP contribution in [0, 0.1) is 3.57 Å². The minimum absolute atomic E-state index is 0.557. The number of nitrogens with zero attached hydrogens (tertiary/aromatic N) is 1. The molecule has 1 saturated heterocycles. The summed E-state index contributed by atoms with van der Waals surface area (Å²) >= 11 is 2.14. The van der Waals surface area contributed by atoms with Crippen molar-refractivity contribution >= 4 is 22.6 Å². The second kappa shape index (κ2) is 6.43. The van der Waals surface area contributed by atoms with Crippen molar-refractivity contribution in [2.75, 3.05) is 32.8 Å². The number of piperazine rings is 1. The van der Waals surface area contributed by atoms with Crippen molar-refractivity contribution in [2.45, 2.75) is 12.0 Å². The minimum atomic E-state index is -3.13. The van der Waals surface area contributed by atoms with Crippen molar-refractivity contribution in [2.24, 2.45) is 0 Å². The molecule has 0 spiro atoms. The Bertz CT molecular complexity index is 408. The van der Waals surface area contributed by atoms with E-state index in [-0.39, 0.29) is 0 Å². The lowest BCUT2D eigenvalue weighted by Gasteiger charge is -2.38. The van der Waals surface area contributed by atoms with Gasteiger partial charge in [-0.25, -0.2) is 8.78 Å². The second-order valence-electron chi connectivity index (χ2n) is 4.66. The molecule has 3 nitrogen and oxygen atoms in total. The first-order chi connectivity index (χ1) is 9.04. The predicted molar refractivity (Wildman–Crippen MR) is 78.4 cm³/mol. The second-order valence-corrected chi connectivity index (χ2v) is 5.90. The summed E-state index contributed by atoms with van der Waals surface area (Å²) in [4.78, 5) is 1.74. The van der Waals surface area contributed by atoms with Gasteiger partial charge in [0, 0.05) is 29.7 Å². The first-order valence-corrected chi connectivity index (χ1v) is 7.31. The molecule has 19 heavy (non-hydrogen) atoms. The summed E-state index contributed by atoms with van der Waals surface area (Å²) in [5.41, 5.74) is 0.557. The number of alkyl halides is 2. The van der Waals surface area contributed by atoms with Crippen LogP contribution >= 0.6 is 22.6 Å². The summed E-state index contributed by atoms with van der Waals surface area (Å²) in [5, 5.41) is 12.2. The SMILES string of the molecule is OCC(F)(F)[C@H](c1ccc(I)cc1)N1CCNCC1. The highest BCUT2D eigenvalue weighted by Crippen LogP contribution is 2.36. The van der Waals surface area contributed by atoms with E-state index < -0.39 is 18.6 Å². The number of hydrogen-bond acceptors (Lipinski definition) is 3. The molecule has 0 saturated carbocycles. The zero-order valence-electron chi connectivity index (χ0n) is 10.5. The third kappa shape index (κ3) is 3.62. The monoisotopic (exact) mass is 382 g/mol. The molecule has 0 bridgehead atoms. The molecule has 0 aromatic heterocycles. The highest BCUT2D eigenvalue weighted by atomic mass is 127. The van der Waals surface area contributed by atoms with E-state index >= 15 is 0 Å². The zero-order valence-corrected chi connectivity index (χ0v) is 12.6. The van der Waals surface area contributed by atoms with Crippen LogP contribution in [0.5, 0.6) is 0 Å². The summed E-state index contributed by atoms with van der Waals surface area (Å²) < 4.78 is 29.2. The number of benzene rings is 1. The molecule has 1 fully saturated rings. The molecule has 1 aliphatic rings. The maximum atomic E-state index is 14.1. The van der Waals surface area contributed by atoms with Gasteiger partial charge in [-0.3, -0.25) is 4.90 Å². The molecule has 0 unspecified atom stereocenters. The average Bonchev–Trinajstić information content (AvgIpc) is 2.42. The topological polar surface area (TPSA) is 35.5 Å². The lowest BCUT2D eigenvalue weighted by molar-refractivity contribution is -0.118. The standard InChI is InChI=1S/C13H17F2IN2O/c14-13(15,9-19)12(18-7-5-17-6-8-18)10-1-3-11(16)4-2-10/h1-4,12,17,19H,5-9H2/t12-/m0/s1. The van der Waals surface area contributed by atoms with Gasteiger partial charge in [0.1, 0.15) is 12.6 Å². The van der Waals surface area contributed by atoms with Crippen molar-refractivity contribution in [3.63, 3.8) is 0 Å². The first kappa shape index (κ1) is 15.1. The quantitative estimate of drug-likeness (QED) is 0.781. The number of hydrogen-bond donors (Lipinski definition) is 2. The van der Waals surface area contributed by atoms with E-state index in [4.69, 9.17) is 5.11 Å². The Labute approximate surface area is 125 Å². The minimum Gasteiger partial charge on any atom is -0.390 e. The maximum absolute atomic E-state index is 14.1. The van der Waals surface area contributed by atoms with Crippen LogP contribution in [0.15, 0.2) is 24.3 Å². The van der Waals surface area contributed by atoms with E-state index in [0.717, 1.165) is 3.57 Å². The summed E-state index contributed by atoms with van der Waals surface area (Å²) in [6.07, 6.45) is 0. The Kier molecular flexibility index (Phi) is 5.10. The Morgan fingerprint density at radius 2 is 1.84 bits per heavy atom. The molecule has 2 rings (SSSR count). The molecule has 1 atom stereocenters. The van der Waals surface area contributed by atoms with Gasteiger partial charge in [0.05, 0.1) is 0 Å². The Morgan fingerprint density at radius 3 is 2.37 bits per heavy atom. The average molecular weight is 382 g/mol. The molecule has 1 heterocycles.